The highest BCUT2D eigenvalue weighted by Crippen LogP contribution is 2.35. The summed E-state index contributed by atoms with van der Waals surface area (Å²) in [5, 5.41) is 3.14. The lowest BCUT2D eigenvalue weighted by atomic mass is 9.97. The second-order valence-corrected chi connectivity index (χ2v) is 5.43. The Morgan fingerprint density at radius 2 is 2.00 bits per heavy atom. The Morgan fingerprint density at radius 3 is 2.62 bits per heavy atom. The third-order valence-electron chi connectivity index (χ3n) is 3.76. The van der Waals surface area contributed by atoms with Crippen LogP contribution in [0.5, 0.6) is 0 Å². The van der Waals surface area contributed by atoms with E-state index < -0.39 is 12.1 Å². The average molecular weight is 302 g/mol. The van der Waals surface area contributed by atoms with Crippen LogP contribution in [0.15, 0.2) is 0 Å². The number of aryl methyl sites for hydroxylation is 1. The van der Waals surface area contributed by atoms with Crippen molar-refractivity contribution in [3.8, 4) is 0 Å². The summed E-state index contributed by atoms with van der Waals surface area (Å²) in [6.45, 7) is 6.86. The van der Waals surface area contributed by atoms with Crippen LogP contribution in [0.1, 0.15) is 31.2 Å². The van der Waals surface area contributed by atoms with E-state index >= 15 is 0 Å². The largest absolute Gasteiger partial charge is 0.393 e. The summed E-state index contributed by atoms with van der Waals surface area (Å²) >= 11 is 0. The van der Waals surface area contributed by atoms with Crippen LogP contribution in [0, 0.1) is 19.8 Å². The molecule has 1 fully saturated rings. The first-order valence-electron chi connectivity index (χ1n) is 7.23. The number of alkyl halides is 3. The zero-order chi connectivity index (χ0) is 15.6. The molecule has 21 heavy (non-hydrogen) atoms. The monoisotopic (exact) mass is 302 g/mol. The van der Waals surface area contributed by atoms with Gasteiger partial charge < -0.3 is 10.2 Å². The number of piperidine rings is 1. The van der Waals surface area contributed by atoms with Gasteiger partial charge in [0.05, 0.1) is 5.92 Å². The average Bonchev–Trinajstić information content (AvgIpc) is 2.42. The number of aromatic nitrogens is 2. The maximum atomic E-state index is 12.9. The van der Waals surface area contributed by atoms with Gasteiger partial charge in [0.25, 0.3) is 0 Å². The van der Waals surface area contributed by atoms with Gasteiger partial charge in [0.15, 0.2) is 0 Å². The summed E-state index contributed by atoms with van der Waals surface area (Å²) in [6, 6.07) is 0. The summed E-state index contributed by atoms with van der Waals surface area (Å²) in [4.78, 5) is 10.4. The van der Waals surface area contributed by atoms with Gasteiger partial charge in [-0.1, -0.05) is 0 Å². The fourth-order valence-electron chi connectivity index (χ4n) is 2.70. The maximum absolute atomic E-state index is 12.9. The fraction of sp³-hybridized carbons (Fsp3) is 0.714. The summed E-state index contributed by atoms with van der Waals surface area (Å²) < 4.78 is 38.8. The van der Waals surface area contributed by atoms with Crippen molar-refractivity contribution >= 4 is 11.6 Å². The van der Waals surface area contributed by atoms with Crippen molar-refractivity contribution in [2.24, 2.45) is 5.92 Å². The number of nitrogens with one attached hydrogen (secondary N) is 1. The fourth-order valence-corrected chi connectivity index (χ4v) is 2.70. The van der Waals surface area contributed by atoms with Crippen LogP contribution >= 0.6 is 0 Å². The van der Waals surface area contributed by atoms with Gasteiger partial charge in [0, 0.05) is 25.2 Å². The van der Waals surface area contributed by atoms with Crippen molar-refractivity contribution in [1.82, 2.24) is 9.97 Å². The van der Waals surface area contributed by atoms with E-state index in [4.69, 9.17) is 0 Å². The molecule has 1 aliphatic heterocycles. The second kappa shape index (κ2) is 6.07. The maximum Gasteiger partial charge on any atom is 0.393 e. The normalized spacial score (nSPS) is 19.7. The Hall–Kier alpha value is -1.53. The Labute approximate surface area is 122 Å². The minimum atomic E-state index is -4.14. The molecule has 1 saturated heterocycles. The van der Waals surface area contributed by atoms with Crippen LogP contribution in [0.3, 0.4) is 0 Å². The molecular weight excluding hydrogens is 281 g/mol. The molecule has 0 amide bonds. The molecule has 1 aromatic rings. The van der Waals surface area contributed by atoms with E-state index in [1.807, 2.05) is 13.8 Å². The quantitative estimate of drug-likeness (QED) is 0.930. The van der Waals surface area contributed by atoms with E-state index in [2.05, 4.69) is 15.3 Å². The molecule has 0 bridgehead atoms. The SMILES string of the molecule is CCNc1nc(C)nc(N2CCCC(C(F)(F)F)C2)c1C. The van der Waals surface area contributed by atoms with Gasteiger partial charge in [-0.25, -0.2) is 9.97 Å². The molecule has 1 atom stereocenters. The van der Waals surface area contributed by atoms with Crippen molar-refractivity contribution in [3.05, 3.63) is 11.4 Å². The van der Waals surface area contributed by atoms with Crippen LogP contribution in [0.4, 0.5) is 24.8 Å². The van der Waals surface area contributed by atoms with E-state index in [-0.39, 0.29) is 13.0 Å². The summed E-state index contributed by atoms with van der Waals surface area (Å²) in [5.74, 6) is 0.616. The molecule has 1 unspecified atom stereocenters. The van der Waals surface area contributed by atoms with Crippen molar-refractivity contribution in [2.75, 3.05) is 29.9 Å². The Kier molecular flexibility index (Phi) is 4.58. The molecule has 1 N–H and O–H groups in total. The third-order valence-corrected chi connectivity index (χ3v) is 3.76. The molecule has 2 heterocycles. The summed E-state index contributed by atoms with van der Waals surface area (Å²) in [7, 11) is 0. The topological polar surface area (TPSA) is 41.1 Å². The molecule has 118 valence electrons. The first-order chi connectivity index (χ1) is 9.82. The lowest BCUT2D eigenvalue weighted by Crippen LogP contribution is -2.42. The lowest BCUT2D eigenvalue weighted by Gasteiger charge is -2.35. The standard InChI is InChI=1S/C14H21F3N4/c1-4-18-12-9(2)13(20-10(3)19-12)21-7-5-6-11(8-21)14(15,16)17/h11H,4-8H2,1-3H3,(H,18,19,20). The molecule has 4 nitrogen and oxygen atoms in total. The summed E-state index contributed by atoms with van der Waals surface area (Å²) in [5.41, 5.74) is 0.810. The van der Waals surface area contributed by atoms with Crippen LogP contribution in [-0.4, -0.2) is 35.8 Å². The Balaban J connectivity index is 2.28. The first-order valence-corrected chi connectivity index (χ1v) is 7.23. The van der Waals surface area contributed by atoms with Gasteiger partial charge in [-0.05, 0) is 33.6 Å². The van der Waals surface area contributed by atoms with E-state index in [0.29, 0.717) is 37.0 Å². The van der Waals surface area contributed by atoms with Gasteiger partial charge in [-0.15, -0.1) is 0 Å². The van der Waals surface area contributed by atoms with Crippen LogP contribution in [0.25, 0.3) is 0 Å². The van der Waals surface area contributed by atoms with E-state index in [1.165, 1.54) is 0 Å². The lowest BCUT2D eigenvalue weighted by molar-refractivity contribution is -0.176. The highest BCUT2D eigenvalue weighted by Gasteiger charge is 2.42. The molecular formula is C14H21F3N4. The number of hydrogen-bond donors (Lipinski definition) is 1. The van der Waals surface area contributed by atoms with Crippen LogP contribution in [0.2, 0.25) is 0 Å². The number of halogens is 3. The minimum Gasteiger partial charge on any atom is -0.370 e. The van der Waals surface area contributed by atoms with Crippen molar-refractivity contribution in [2.45, 2.75) is 39.8 Å². The predicted molar refractivity (Wildman–Crippen MR) is 76.7 cm³/mol. The van der Waals surface area contributed by atoms with Crippen molar-refractivity contribution in [3.63, 3.8) is 0 Å². The number of hydrogen-bond acceptors (Lipinski definition) is 4. The first kappa shape index (κ1) is 15.9. The number of anilines is 2. The molecule has 0 saturated carbocycles. The molecule has 1 aromatic heterocycles. The van der Waals surface area contributed by atoms with Crippen molar-refractivity contribution in [1.29, 1.82) is 0 Å². The Bertz CT molecular complexity index is 502. The van der Waals surface area contributed by atoms with Gasteiger partial charge in [0.2, 0.25) is 0 Å². The van der Waals surface area contributed by atoms with Crippen LogP contribution in [-0.2, 0) is 0 Å². The smallest absolute Gasteiger partial charge is 0.370 e. The molecule has 0 aliphatic carbocycles. The molecule has 0 radical (unpaired) electrons. The van der Waals surface area contributed by atoms with Crippen molar-refractivity contribution < 1.29 is 13.2 Å². The highest BCUT2D eigenvalue weighted by atomic mass is 19.4. The Morgan fingerprint density at radius 1 is 1.29 bits per heavy atom. The van der Waals surface area contributed by atoms with E-state index in [1.54, 1.807) is 11.8 Å². The molecule has 0 spiro atoms. The summed E-state index contributed by atoms with van der Waals surface area (Å²) in [6.07, 6.45) is -3.41. The van der Waals surface area contributed by atoms with Gasteiger partial charge >= 0.3 is 6.18 Å². The number of rotatable bonds is 3. The number of nitrogens with zero attached hydrogens (tertiary/aromatic N) is 3. The zero-order valence-corrected chi connectivity index (χ0v) is 12.6. The highest BCUT2D eigenvalue weighted by molar-refractivity contribution is 5.58. The minimum absolute atomic E-state index is 0.0215. The predicted octanol–water partition coefficient (Wildman–Crippen LogP) is 3.30. The third kappa shape index (κ3) is 3.57. The van der Waals surface area contributed by atoms with Gasteiger partial charge in [-0.3, -0.25) is 0 Å². The van der Waals surface area contributed by atoms with Gasteiger partial charge in [0.1, 0.15) is 17.5 Å². The zero-order valence-electron chi connectivity index (χ0n) is 12.6. The molecule has 2 rings (SSSR count). The van der Waals surface area contributed by atoms with E-state index in [0.717, 1.165) is 5.56 Å². The molecule has 0 aromatic carbocycles. The second-order valence-electron chi connectivity index (χ2n) is 5.43. The molecule has 7 heteroatoms. The van der Waals surface area contributed by atoms with Crippen LogP contribution < -0.4 is 10.2 Å². The van der Waals surface area contributed by atoms with E-state index in [9.17, 15) is 13.2 Å². The van der Waals surface area contributed by atoms with Gasteiger partial charge in [-0.2, -0.15) is 13.2 Å². The molecule has 1 aliphatic rings.